The molecule has 1 aliphatic carbocycles. The maximum Gasteiger partial charge on any atom is 0.137 e. The Morgan fingerprint density at radius 3 is 3.07 bits per heavy atom. The largest absolute Gasteiger partial charge is 0.304 e. The molecule has 0 aliphatic heterocycles. The van der Waals surface area contributed by atoms with Gasteiger partial charge in [0.15, 0.2) is 0 Å². The van der Waals surface area contributed by atoms with Crippen LogP contribution in [0.5, 0.6) is 0 Å². The van der Waals surface area contributed by atoms with E-state index in [0.29, 0.717) is 0 Å². The summed E-state index contributed by atoms with van der Waals surface area (Å²) in [5.74, 6) is 0.725. The molecule has 0 N–H and O–H groups in total. The summed E-state index contributed by atoms with van der Waals surface area (Å²) in [4.78, 5) is 4.36. The van der Waals surface area contributed by atoms with Crippen LogP contribution in [0.3, 0.4) is 0 Å². The van der Waals surface area contributed by atoms with Crippen molar-refractivity contribution in [3.05, 3.63) is 42.4 Å². The van der Waals surface area contributed by atoms with Crippen molar-refractivity contribution in [2.75, 3.05) is 0 Å². The van der Waals surface area contributed by atoms with Gasteiger partial charge in [0.25, 0.3) is 0 Å². The number of aromatic nitrogens is 2. The van der Waals surface area contributed by atoms with E-state index in [2.05, 4.69) is 41.2 Å². The number of nitrogens with zero attached hydrogens (tertiary/aromatic N) is 2. The molecule has 0 atom stereocenters. The Hall–Kier alpha value is -1.57. The molecule has 3 rings (SSSR count). The second-order valence-corrected chi connectivity index (χ2v) is 4.34. The van der Waals surface area contributed by atoms with Crippen LogP contribution in [0.2, 0.25) is 0 Å². The molecule has 2 aromatic heterocycles. The monoisotopic (exact) mass is 198 g/mol. The van der Waals surface area contributed by atoms with Crippen molar-refractivity contribution in [2.45, 2.75) is 19.8 Å². The van der Waals surface area contributed by atoms with Gasteiger partial charge in [0, 0.05) is 18.1 Å². The molecule has 76 valence electrons. The molecule has 1 fully saturated rings. The highest BCUT2D eigenvalue weighted by atomic mass is 15.0. The highest BCUT2D eigenvalue weighted by Crippen LogP contribution is 2.40. The zero-order chi connectivity index (χ0) is 10.4. The van der Waals surface area contributed by atoms with Gasteiger partial charge in [-0.15, -0.1) is 0 Å². The Kier molecular flexibility index (Phi) is 1.72. The van der Waals surface area contributed by atoms with E-state index in [1.54, 1.807) is 0 Å². The molecule has 15 heavy (non-hydrogen) atoms. The summed E-state index contributed by atoms with van der Waals surface area (Å²) in [5.41, 5.74) is 4.72. The van der Waals surface area contributed by atoms with Crippen molar-refractivity contribution in [1.82, 2.24) is 9.38 Å². The summed E-state index contributed by atoms with van der Waals surface area (Å²) in [6, 6.07) is 4.27. The summed E-state index contributed by atoms with van der Waals surface area (Å²) in [5, 5.41) is 0. The maximum absolute atomic E-state index is 4.36. The summed E-state index contributed by atoms with van der Waals surface area (Å²) >= 11 is 0. The topological polar surface area (TPSA) is 17.3 Å². The lowest BCUT2D eigenvalue weighted by Crippen LogP contribution is -1.90. The maximum atomic E-state index is 4.36. The van der Waals surface area contributed by atoms with Gasteiger partial charge >= 0.3 is 0 Å². The third-order valence-corrected chi connectivity index (χ3v) is 3.14. The number of imidazole rings is 1. The fourth-order valence-electron chi connectivity index (χ4n) is 1.97. The van der Waals surface area contributed by atoms with Gasteiger partial charge in [0.05, 0.1) is 0 Å². The predicted octanol–water partition coefficient (Wildman–Crippen LogP) is 3.07. The van der Waals surface area contributed by atoms with Gasteiger partial charge in [-0.2, -0.15) is 0 Å². The first kappa shape index (κ1) is 8.72. The second-order valence-electron chi connectivity index (χ2n) is 4.34. The smallest absolute Gasteiger partial charge is 0.137 e. The Morgan fingerprint density at radius 1 is 1.53 bits per heavy atom. The van der Waals surface area contributed by atoms with Gasteiger partial charge in [0.2, 0.25) is 0 Å². The zero-order valence-electron chi connectivity index (χ0n) is 8.90. The van der Waals surface area contributed by atoms with E-state index in [4.69, 9.17) is 0 Å². The van der Waals surface area contributed by atoms with Gasteiger partial charge in [-0.05, 0) is 49.0 Å². The van der Waals surface area contributed by atoms with Crippen molar-refractivity contribution >= 4 is 11.2 Å². The van der Waals surface area contributed by atoms with Crippen molar-refractivity contribution in [3.8, 4) is 0 Å². The Morgan fingerprint density at radius 2 is 2.33 bits per heavy atom. The Balaban J connectivity index is 2.09. The SMILES string of the molecule is C=C(c1ccn2c(C)cnc2c1)C1CC1. The van der Waals surface area contributed by atoms with Crippen LogP contribution < -0.4 is 0 Å². The van der Waals surface area contributed by atoms with Crippen LogP contribution in [0, 0.1) is 12.8 Å². The van der Waals surface area contributed by atoms with Crippen LogP contribution in [0.15, 0.2) is 31.1 Å². The molecule has 1 saturated carbocycles. The molecule has 2 nitrogen and oxygen atoms in total. The minimum Gasteiger partial charge on any atom is -0.304 e. The van der Waals surface area contributed by atoms with Gasteiger partial charge in [-0.3, -0.25) is 0 Å². The van der Waals surface area contributed by atoms with E-state index in [1.807, 2.05) is 6.20 Å². The average molecular weight is 198 g/mol. The molecule has 0 bridgehead atoms. The molecule has 0 aromatic carbocycles. The standard InChI is InChI=1S/C13H14N2/c1-9-8-14-13-7-12(5-6-15(9)13)10(2)11-3-4-11/h5-8,11H,2-4H2,1H3. The predicted molar refractivity (Wildman–Crippen MR) is 61.7 cm³/mol. The van der Waals surface area contributed by atoms with E-state index >= 15 is 0 Å². The molecule has 0 spiro atoms. The molecule has 0 radical (unpaired) electrons. The fourth-order valence-corrected chi connectivity index (χ4v) is 1.97. The lowest BCUT2D eigenvalue weighted by atomic mass is 10.1. The Bertz CT molecular complexity index is 532. The lowest BCUT2D eigenvalue weighted by Gasteiger charge is -2.04. The van der Waals surface area contributed by atoms with Crippen LogP contribution in [0.25, 0.3) is 11.2 Å². The average Bonchev–Trinajstić information content (AvgIpc) is 3.03. The molecule has 1 aliphatic rings. The minimum atomic E-state index is 0.725. The molecule has 2 aromatic rings. The summed E-state index contributed by atoms with van der Waals surface area (Å²) in [6.45, 7) is 6.23. The lowest BCUT2D eigenvalue weighted by molar-refractivity contribution is 1.09. The van der Waals surface area contributed by atoms with Gasteiger partial charge in [-0.25, -0.2) is 4.98 Å². The second kappa shape index (κ2) is 2.96. The summed E-state index contributed by atoms with van der Waals surface area (Å²) < 4.78 is 2.10. The van der Waals surface area contributed by atoms with Crippen LogP contribution in [-0.4, -0.2) is 9.38 Å². The molecule has 0 saturated heterocycles. The van der Waals surface area contributed by atoms with Crippen molar-refractivity contribution in [2.24, 2.45) is 5.92 Å². The first-order valence-electron chi connectivity index (χ1n) is 5.38. The van der Waals surface area contributed by atoms with Crippen molar-refractivity contribution in [1.29, 1.82) is 0 Å². The Labute approximate surface area is 89.3 Å². The summed E-state index contributed by atoms with van der Waals surface area (Å²) in [7, 11) is 0. The molecule has 2 heteroatoms. The highest BCUT2D eigenvalue weighted by Gasteiger charge is 2.25. The summed E-state index contributed by atoms with van der Waals surface area (Å²) in [6.07, 6.45) is 6.59. The minimum absolute atomic E-state index is 0.725. The number of pyridine rings is 1. The van der Waals surface area contributed by atoms with Gasteiger partial charge in [-0.1, -0.05) is 6.58 Å². The van der Waals surface area contributed by atoms with Gasteiger partial charge < -0.3 is 4.40 Å². The first-order valence-corrected chi connectivity index (χ1v) is 5.38. The molecular weight excluding hydrogens is 184 g/mol. The highest BCUT2D eigenvalue weighted by molar-refractivity contribution is 5.69. The third-order valence-electron chi connectivity index (χ3n) is 3.14. The quantitative estimate of drug-likeness (QED) is 0.725. The molecular formula is C13H14N2. The van der Waals surface area contributed by atoms with Crippen molar-refractivity contribution < 1.29 is 0 Å². The van der Waals surface area contributed by atoms with Crippen LogP contribution in [0.1, 0.15) is 24.1 Å². The molecule has 0 unspecified atom stereocenters. The van der Waals surface area contributed by atoms with Gasteiger partial charge in [0.1, 0.15) is 5.65 Å². The number of allylic oxidation sites excluding steroid dienone is 1. The van der Waals surface area contributed by atoms with E-state index in [-0.39, 0.29) is 0 Å². The number of fused-ring (bicyclic) bond motifs is 1. The fraction of sp³-hybridized carbons (Fsp3) is 0.308. The number of aryl methyl sites for hydroxylation is 1. The van der Waals surface area contributed by atoms with E-state index < -0.39 is 0 Å². The van der Waals surface area contributed by atoms with Crippen LogP contribution in [-0.2, 0) is 0 Å². The van der Waals surface area contributed by atoms with Crippen molar-refractivity contribution in [3.63, 3.8) is 0 Å². The number of hydrogen-bond donors (Lipinski definition) is 0. The number of hydrogen-bond acceptors (Lipinski definition) is 1. The normalized spacial score (nSPS) is 15.8. The van der Waals surface area contributed by atoms with E-state index in [9.17, 15) is 0 Å². The van der Waals surface area contributed by atoms with E-state index in [1.165, 1.54) is 29.7 Å². The molecule has 2 heterocycles. The number of rotatable bonds is 2. The van der Waals surface area contributed by atoms with Crippen LogP contribution >= 0.6 is 0 Å². The third kappa shape index (κ3) is 1.37. The molecule has 0 amide bonds. The van der Waals surface area contributed by atoms with Crippen LogP contribution in [0.4, 0.5) is 0 Å². The first-order chi connectivity index (χ1) is 7.25. The zero-order valence-corrected chi connectivity index (χ0v) is 8.90. The van der Waals surface area contributed by atoms with E-state index in [0.717, 1.165) is 11.6 Å².